The number of morpholine rings is 1. The fraction of sp³-hybridized carbons (Fsp3) is 0.325. The number of hydrogen-bond donors (Lipinski definition) is 0. The zero-order valence-corrected chi connectivity index (χ0v) is 38.1. The molecule has 15 nitrogen and oxygen atoms in total. The summed E-state index contributed by atoms with van der Waals surface area (Å²) in [6.45, 7) is 6.58. The first kappa shape index (κ1) is 44.1. The van der Waals surface area contributed by atoms with E-state index in [1.54, 1.807) is 30.1 Å². The van der Waals surface area contributed by atoms with Crippen LogP contribution in [0.1, 0.15) is 37.5 Å². The fourth-order valence-electron chi connectivity index (χ4n) is 7.69. The number of carbonyl (C=O) groups is 2. The maximum atomic E-state index is 15.1. The number of rotatable bonds is 9. The third-order valence-corrected chi connectivity index (χ3v) is 11.0. The second kappa shape index (κ2) is 18.4. The van der Waals surface area contributed by atoms with Gasteiger partial charge >= 0.3 is 59.1 Å². The van der Waals surface area contributed by atoms with Crippen LogP contribution >= 0.6 is 7.82 Å². The Morgan fingerprint density at radius 1 is 0.897 bits per heavy atom. The second-order valence-electron chi connectivity index (χ2n) is 14.1. The second-order valence-corrected chi connectivity index (χ2v) is 15.2. The van der Waals surface area contributed by atoms with Crippen LogP contribution < -0.4 is 87.8 Å². The number of aromatic nitrogens is 3. The molecule has 1 fully saturated rings. The predicted molar refractivity (Wildman–Crippen MR) is 202 cm³/mol. The normalized spacial score (nSPS) is 16.4. The molecule has 0 spiro atoms. The molecule has 0 aliphatic carbocycles. The number of carbonyl (C=O) groups excluding carboxylic acids is 2. The molecular weight excluding hydrogens is 785 g/mol. The first-order chi connectivity index (χ1) is 26.9. The number of aryl methyl sites for hydroxylation is 1. The van der Waals surface area contributed by atoms with Crippen molar-refractivity contribution >= 4 is 31.0 Å². The van der Waals surface area contributed by atoms with E-state index in [-0.39, 0.29) is 76.8 Å². The van der Waals surface area contributed by atoms with Crippen LogP contribution in [0, 0.1) is 6.92 Å². The van der Waals surface area contributed by atoms with Crippen molar-refractivity contribution in [3.05, 3.63) is 107 Å². The van der Waals surface area contributed by atoms with Gasteiger partial charge in [-0.25, -0.2) is 0 Å². The Morgan fingerprint density at radius 3 is 2.22 bits per heavy atom. The van der Waals surface area contributed by atoms with Gasteiger partial charge in [-0.3, -0.25) is 24.1 Å². The first-order valence-electron chi connectivity index (χ1n) is 18.4. The monoisotopic (exact) mass is 826 g/mol. The Labute approximate surface area is 380 Å². The summed E-state index contributed by atoms with van der Waals surface area (Å²) in [7, 11) is -1.72. The first-order valence-corrected chi connectivity index (χ1v) is 19.8. The third kappa shape index (κ3) is 9.30. The summed E-state index contributed by atoms with van der Waals surface area (Å²) in [4.78, 5) is 58.0. The van der Waals surface area contributed by atoms with Crippen molar-refractivity contribution in [1.29, 1.82) is 0 Å². The molecule has 0 radical (unpaired) electrons. The number of amides is 2. The van der Waals surface area contributed by atoms with Crippen LogP contribution in [-0.4, -0.2) is 88.1 Å². The molecule has 1 saturated heterocycles. The molecule has 2 amide bonds. The van der Waals surface area contributed by atoms with Crippen LogP contribution in [0.3, 0.4) is 0 Å². The summed E-state index contributed by atoms with van der Waals surface area (Å²) >= 11 is 0. The van der Waals surface area contributed by atoms with Crippen molar-refractivity contribution in [3.8, 4) is 28.5 Å². The van der Waals surface area contributed by atoms with E-state index in [1.807, 2.05) is 41.6 Å². The zero-order valence-electron chi connectivity index (χ0n) is 33.3. The van der Waals surface area contributed by atoms with E-state index in [4.69, 9.17) is 14.2 Å². The van der Waals surface area contributed by atoms with Crippen molar-refractivity contribution in [2.24, 2.45) is 14.1 Å². The van der Waals surface area contributed by atoms with Gasteiger partial charge in [0.2, 0.25) is 0 Å². The minimum Gasteiger partial charge on any atom is -0.780 e. The van der Waals surface area contributed by atoms with Gasteiger partial charge in [0.15, 0.2) is 11.5 Å². The van der Waals surface area contributed by atoms with E-state index in [0.29, 0.717) is 96.9 Å². The maximum absolute atomic E-state index is 15.1. The van der Waals surface area contributed by atoms with E-state index in [2.05, 4.69) is 26.7 Å². The quantitative estimate of drug-likeness (QED) is 0.115. The summed E-state index contributed by atoms with van der Waals surface area (Å²) < 4.78 is 36.8. The van der Waals surface area contributed by atoms with Crippen molar-refractivity contribution in [3.63, 3.8) is 0 Å². The van der Waals surface area contributed by atoms with E-state index in [1.165, 1.54) is 40.9 Å². The van der Waals surface area contributed by atoms with Gasteiger partial charge in [0.25, 0.3) is 11.8 Å². The Hall–Kier alpha value is -3.44. The minimum absolute atomic E-state index is 0. The van der Waals surface area contributed by atoms with E-state index < -0.39 is 13.7 Å². The van der Waals surface area contributed by atoms with E-state index >= 15 is 4.79 Å². The van der Waals surface area contributed by atoms with Gasteiger partial charge in [-0.15, -0.1) is 0 Å². The number of fused-ring (bicyclic) bond motifs is 2. The van der Waals surface area contributed by atoms with Gasteiger partial charge in [-0.1, -0.05) is 24.3 Å². The molecule has 292 valence electrons. The summed E-state index contributed by atoms with van der Waals surface area (Å²) in [6.07, 6.45) is 3.92. The number of anilines is 2. The molecule has 1 atom stereocenters. The summed E-state index contributed by atoms with van der Waals surface area (Å²) in [6, 6.07) is 19.1. The largest absolute Gasteiger partial charge is 1.00 e. The Morgan fingerprint density at radius 2 is 1.57 bits per heavy atom. The van der Waals surface area contributed by atoms with Crippen LogP contribution in [0.4, 0.5) is 11.4 Å². The van der Waals surface area contributed by atoms with Gasteiger partial charge < -0.3 is 42.6 Å². The Balaban J connectivity index is 0.00000283. The Bertz CT molecular complexity index is 2340. The molecule has 5 heterocycles. The topological polar surface area (TPSA) is 167 Å². The Kier molecular flexibility index (Phi) is 14.0. The standard InChI is InChI=1S/C40H43N6O9P.2Na/c1-26-33(40(48)46(31-22-41-42(2)24-31)29-8-10-32(11-9-29)55-56(49,50)51)19-36(43(26)3)34-20-37-38(54-17-16-53-37)21-35(34)39(47)45-23-28-7-5-4-6-27(28)18-30(45)25-44-12-14-52-15-13-44;;/h4-11,19-22,24,30H,12-18,23,25H2,1-3H3,(H2,49,50,51);;/q;2*+1/p-2/t30-;;/m0../s1. The van der Waals surface area contributed by atoms with Crippen LogP contribution in [0.25, 0.3) is 11.3 Å². The van der Waals surface area contributed by atoms with Gasteiger partial charge in [-0.2, -0.15) is 5.10 Å². The molecule has 0 unspecified atom stereocenters. The van der Waals surface area contributed by atoms with Crippen LogP contribution in [-0.2, 0) is 36.4 Å². The number of ether oxygens (including phenoxy) is 3. The minimum atomic E-state index is -5.29. The van der Waals surface area contributed by atoms with E-state index in [9.17, 15) is 19.1 Å². The third-order valence-electron chi connectivity index (χ3n) is 10.6. The van der Waals surface area contributed by atoms with Crippen molar-refractivity contribution < 1.29 is 102 Å². The van der Waals surface area contributed by atoms with Crippen LogP contribution in [0.15, 0.2) is 79.1 Å². The van der Waals surface area contributed by atoms with E-state index in [0.717, 1.165) is 18.7 Å². The fourth-order valence-corrected chi connectivity index (χ4v) is 8.07. The summed E-state index contributed by atoms with van der Waals surface area (Å²) in [5, 5.41) is 4.27. The molecule has 0 saturated carbocycles. The molecular formula is C40H41N6Na2O9P. The van der Waals surface area contributed by atoms with Gasteiger partial charge in [0.05, 0.1) is 36.2 Å². The summed E-state index contributed by atoms with van der Waals surface area (Å²) in [5.74, 6) is 0.236. The molecule has 5 aromatic rings. The molecule has 3 aromatic carbocycles. The van der Waals surface area contributed by atoms with Crippen LogP contribution in [0.2, 0.25) is 0 Å². The summed E-state index contributed by atoms with van der Waals surface area (Å²) in [5.41, 5.74) is 5.75. The number of phosphoric ester groups is 1. The average molecular weight is 827 g/mol. The molecule has 8 rings (SSSR count). The molecule has 0 bridgehead atoms. The van der Waals surface area contributed by atoms with Crippen molar-refractivity contribution in [1.82, 2.24) is 24.1 Å². The molecule has 3 aliphatic heterocycles. The molecule has 2 aromatic heterocycles. The maximum Gasteiger partial charge on any atom is 1.00 e. The SMILES string of the molecule is Cc1c(C(=O)N(c2ccc(OP(=O)([O-])[O-])cc2)c2cnn(C)c2)cc(-c2cc3c(cc2C(=O)N2Cc4ccccc4C[C@H]2CN2CCOCC2)OCCO3)n1C.[Na+].[Na+]. The average Bonchev–Trinajstić information content (AvgIpc) is 3.75. The van der Waals surface area contributed by atoms with Gasteiger partial charge in [0.1, 0.15) is 26.8 Å². The predicted octanol–water partition coefficient (Wildman–Crippen LogP) is -2.40. The molecule has 18 heteroatoms. The molecule has 3 aliphatic rings. The number of nitrogens with zero attached hydrogens (tertiary/aromatic N) is 6. The van der Waals surface area contributed by atoms with Crippen molar-refractivity contribution in [2.45, 2.75) is 25.9 Å². The molecule has 58 heavy (non-hydrogen) atoms. The van der Waals surface area contributed by atoms with Gasteiger partial charge in [0, 0.05) is 75.2 Å². The number of benzene rings is 3. The van der Waals surface area contributed by atoms with Crippen LogP contribution in [0.5, 0.6) is 17.2 Å². The number of hydrogen-bond acceptors (Lipinski definition) is 11. The molecule has 0 N–H and O–H groups in total. The number of phosphoric acid groups is 1. The van der Waals surface area contributed by atoms with Crippen molar-refractivity contribution in [2.75, 3.05) is 51.0 Å². The smallest absolute Gasteiger partial charge is 0.780 e. The van der Waals surface area contributed by atoms with Gasteiger partial charge in [-0.05, 0) is 66.9 Å². The zero-order chi connectivity index (χ0) is 39.1.